The van der Waals surface area contributed by atoms with E-state index in [1.165, 1.54) is 0 Å². The molecule has 0 heterocycles. The maximum atomic E-state index is 11.7. The lowest BCUT2D eigenvalue weighted by Crippen LogP contribution is -2.39. The van der Waals surface area contributed by atoms with Crippen molar-refractivity contribution in [3.63, 3.8) is 0 Å². The van der Waals surface area contributed by atoms with Gasteiger partial charge in [-0.15, -0.1) is 0 Å². The fourth-order valence-corrected chi connectivity index (χ4v) is 4.05. The van der Waals surface area contributed by atoms with Crippen LogP contribution in [0.3, 0.4) is 0 Å². The number of hydrogen-bond donors (Lipinski definition) is 0. The zero-order valence-corrected chi connectivity index (χ0v) is 10.2. The Kier molecular flexibility index (Phi) is 3.41. The van der Waals surface area contributed by atoms with Crippen molar-refractivity contribution in [2.24, 2.45) is 11.8 Å². The van der Waals surface area contributed by atoms with E-state index in [2.05, 4.69) is 0 Å². The van der Waals surface area contributed by atoms with Crippen molar-refractivity contribution in [2.45, 2.75) is 24.5 Å². The summed E-state index contributed by atoms with van der Waals surface area (Å²) in [4.78, 5) is 0. The molecular formula is C10H17NO3S. The van der Waals surface area contributed by atoms with Crippen molar-refractivity contribution >= 4 is 9.84 Å². The summed E-state index contributed by atoms with van der Waals surface area (Å²) in [7, 11) is -1.74. The van der Waals surface area contributed by atoms with Crippen LogP contribution in [0.15, 0.2) is 0 Å². The van der Waals surface area contributed by atoms with E-state index in [0.717, 1.165) is 12.7 Å². The molecule has 0 spiro atoms. The second kappa shape index (κ2) is 4.11. The average Bonchev–Trinajstić information content (AvgIpc) is 2.43. The van der Waals surface area contributed by atoms with Crippen LogP contribution in [0.5, 0.6) is 0 Å². The first kappa shape index (κ1) is 12.5. The van der Waals surface area contributed by atoms with Crippen molar-refractivity contribution in [2.75, 3.05) is 20.0 Å². The number of sulfone groups is 1. The molecular weight excluding hydrogens is 214 g/mol. The topological polar surface area (TPSA) is 67.2 Å². The molecule has 0 saturated heterocycles. The summed E-state index contributed by atoms with van der Waals surface area (Å²) < 4.78 is 27.2. The highest BCUT2D eigenvalue weighted by molar-refractivity contribution is 7.92. The Morgan fingerprint density at radius 3 is 2.53 bits per heavy atom. The second-order valence-corrected chi connectivity index (χ2v) is 6.71. The van der Waals surface area contributed by atoms with Gasteiger partial charge in [0.25, 0.3) is 0 Å². The van der Waals surface area contributed by atoms with Crippen LogP contribution in [-0.4, -0.2) is 33.1 Å². The first-order chi connectivity index (χ1) is 6.87. The van der Waals surface area contributed by atoms with E-state index in [-0.39, 0.29) is 11.8 Å². The highest BCUT2D eigenvalue weighted by Crippen LogP contribution is 2.44. The molecule has 1 saturated carbocycles. The van der Waals surface area contributed by atoms with Gasteiger partial charge >= 0.3 is 0 Å². The summed E-state index contributed by atoms with van der Waals surface area (Å²) in [6.45, 7) is 2.36. The Balaban J connectivity index is 3.00. The molecule has 4 nitrogen and oxygen atoms in total. The van der Waals surface area contributed by atoms with Crippen LogP contribution in [0.2, 0.25) is 0 Å². The Morgan fingerprint density at radius 1 is 1.60 bits per heavy atom. The third kappa shape index (κ3) is 2.01. The monoisotopic (exact) mass is 231 g/mol. The summed E-state index contributed by atoms with van der Waals surface area (Å²) in [6, 6.07) is 2.01. The Hall–Kier alpha value is -0.600. The third-order valence-electron chi connectivity index (χ3n) is 3.33. The fraction of sp³-hybridized carbons (Fsp3) is 0.900. The molecule has 0 aliphatic heterocycles. The van der Waals surface area contributed by atoms with E-state index < -0.39 is 14.6 Å². The highest BCUT2D eigenvalue weighted by atomic mass is 32.2. The summed E-state index contributed by atoms with van der Waals surface area (Å²) in [5.74, 6) is 0.0667. The van der Waals surface area contributed by atoms with Gasteiger partial charge < -0.3 is 4.74 Å². The molecule has 15 heavy (non-hydrogen) atoms. The first-order valence-corrected chi connectivity index (χ1v) is 6.86. The van der Waals surface area contributed by atoms with E-state index >= 15 is 0 Å². The minimum Gasteiger partial charge on any atom is -0.384 e. The van der Waals surface area contributed by atoms with Gasteiger partial charge in [-0.25, -0.2) is 8.42 Å². The van der Waals surface area contributed by atoms with Crippen molar-refractivity contribution in [3.05, 3.63) is 0 Å². The zero-order valence-electron chi connectivity index (χ0n) is 9.36. The molecule has 0 aromatic heterocycles. The van der Waals surface area contributed by atoms with Gasteiger partial charge in [0, 0.05) is 20.0 Å². The Morgan fingerprint density at radius 2 is 2.20 bits per heavy atom. The average molecular weight is 231 g/mol. The molecule has 0 amide bonds. The highest BCUT2D eigenvalue weighted by Gasteiger charge is 2.52. The van der Waals surface area contributed by atoms with Crippen molar-refractivity contribution in [3.8, 4) is 6.07 Å². The van der Waals surface area contributed by atoms with E-state index in [0.29, 0.717) is 13.0 Å². The van der Waals surface area contributed by atoms with Crippen molar-refractivity contribution in [1.82, 2.24) is 0 Å². The molecule has 1 rings (SSSR count). The van der Waals surface area contributed by atoms with Gasteiger partial charge in [-0.2, -0.15) is 5.26 Å². The smallest absolute Gasteiger partial charge is 0.166 e. The Bertz CT molecular complexity index is 371. The lowest BCUT2D eigenvalue weighted by atomic mass is 9.99. The van der Waals surface area contributed by atoms with Crippen LogP contribution in [0, 0.1) is 23.2 Å². The quantitative estimate of drug-likeness (QED) is 0.726. The zero-order chi connectivity index (χ0) is 11.7. The summed E-state index contributed by atoms with van der Waals surface area (Å²) in [5, 5.41) is 9.14. The van der Waals surface area contributed by atoms with E-state index in [4.69, 9.17) is 10.00 Å². The largest absolute Gasteiger partial charge is 0.384 e. The summed E-state index contributed by atoms with van der Waals surface area (Å²) in [6.07, 6.45) is 2.30. The molecule has 0 bridgehead atoms. The summed E-state index contributed by atoms with van der Waals surface area (Å²) >= 11 is 0. The lowest BCUT2D eigenvalue weighted by molar-refractivity contribution is 0.153. The van der Waals surface area contributed by atoms with Crippen LogP contribution < -0.4 is 0 Å². The molecule has 1 fully saturated rings. The Labute approximate surface area is 91.1 Å². The van der Waals surface area contributed by atoms with Crippen LogP contribution in [0.25, 0.3) is 0 Å². The lowest BCUT2D eigenvalue weighted by Gasteiger charge is -2.23. The van der Waals surface area contributed by atoms with E-state index in [1.807, 2.05) is 13.0 Å². The van der Waals surface area contributed by atoms with E-state index in [9.17, 15) is 8.42 Å². The standard InChI is InChI=1S/C10H17NO3S/c1-8-4-9(6-14-2)5-10(8,7-11)15(3,12)13/h8-9H,4-6H2,1-3H3/t8-,9+,10+/m0/s1. The second-order valence-electron chi connectivity index (χ2n) is 4.44. The number of nitrogens with zero attached hydrogens (tertiary/aromatic N) is 1. The van der Waals surface area contributed by atoms with Crippen LogP contribution in [-0.2, 0) is 14.6 Å². The molecule has 0 aromatic rings. The van der Waals surface area contributed by atoms with Gasteiger partial charge in [-0.05, 0) is 24.7 Å². The molecule has 1 aliphatic rings. The van der Waals surface area contributed by atoms with Crippen molar-refractivity contribution < 1.29 is 13.2 Å². The fourth-order valence-electron chi connectivity index (χ4n) is 2.52. The number of hydrogen-bond acceptors (Lipinski definition) is 4. The SMILES string of the molecule is COC[C@@H]1C[C@H](C)[C@@](C#N)(S(C)(=O)=O)C1. The minimum atomic E-state index is -3.33. The number of nitriles is 1. The predicted molar refractivity (Wildman–Crippen MR) is 57.0 cm³/mol. The molecule has 86 valence electrons. The van der Waals surface area contributed by atoms with Gasteiger partial charge in [0.15, 0.2) is 14.6 Å². The van der Waals surface area contributed by atoms with Crippen LogP contribution in [0.4, 0.5) is 0 Å². The van der Waals surface area contributed by atoms with Gasteiger partial charge in [0.1, 0.15) is 0 Å². The van der Waals surface area contributed by atoms with Gasteiger partial charge in [0.2, 0.25) is 0 Å². The third-order valence-corrected chi connectivity index (χ3v) is 5.31. The number of rotatable bonds is 3. The first-order valence-electron chi connectivity index (χ1n) is 4.97. The normalized spacial score (nSPS) is 36.4. The molecule has 0 aromatic carbocycles. The van der Waals surface area contributed by atoms with E-state index in [1.54, 1.807) is 7.11 Å². The maximum Gasteiger partial charge on any atom is 0.166 e. The number of methoxy groups -OCH3 is 1. The molecule has 0 N–H and O–H groups in total. The molecule has 3 atom stereocenters. The van der Waals surface area contributed by atoms with Gasteiger partial charge in [-0.1, -0.05) is 6.92 Å². The predicted octanol–water partition coefficient (Wildman–Crippen LogP) is 0.986. The minimum absolute atomic E-state index is 0.113. The molecule has 1 aliphatic carbocycles. The van der Waals surface area contributed by atoms with Crippen molar-refractivity contribution in [1.29, 1.82) is 5.26 Å². The molecule has 0 radical (unpaired) electrons. The van der Waals surface area contributed by atoms with Gasteiger partial charge in [-0.3, -0.25) is 0 Å². The summed E-state index contributed by atoms with van der Waals surface area (Å²) in [5.41, 5.74) is 0. The van der Waals surface area contributed by atoms with Gasteiger partial charge in [0.05, 0.1) is 6.07 Å². The maximum absolute atomic E-state index is 11.7. The van der Waals surface area contributed by atoms with Crippen LogP contribution >= 0.6 is 0 Å². The number of ether oxygens (including phenoxy) is 1. The van der Waals surface area contributed by atoms with Crippen LogP contribution in [0.1, 0.15) is 19.8 Å². The molecule has 5 heteroatoms. The molecule has 0 unspecified atom stereocenters.